The Bertz CT molecular complexity index is 1360. The van der Waals surface area contributed by atoms with Crippen LogP contribution < -0.4 is 5.32 Å². The number of aromatic nitrogens is 3. The van der Waals surface area contributed by atoms with Crippen molar-refractivity contribution in [1.29, 1.82) is 0 Å². The number of anilines is 1. The minimum absolute atomic E-state index is 0.106. The molecule has 3 aromatic carbocycles. The van der Waals surface area contributed by atoms with E-state index in [0.717, 1.165) is 28.1 Å². The Labute approximate surface area is 219 Å². The molecule has 0 atom stereocenters. The van der Waals surface area contributed by atoms with E-state index in [0.29, 0.717) is 26.6 Å². The number of carbonyl (C=O) groups excluding carboxylic acids is 1. The minimum Gasteiger partial charge on any atom is -0.325 e. The second-order valence-corrected chi connectivity index (χ2v) is 10.4. The summed E-state index contributed by atoms with van der Waals surface area (Å²) in [4.78, 5) is 12.9. The van der Waals surface area contributed by atoms with Crippen molar-refractivity contribution in [1.82, 2.24) is 14.8 Å². The van der Waals surface area contributed by atoms with Crippen molar-refractivity contribution in [3.05, 3.63) is 87.4 Å². The number of halogens is 2. The summed E-state index contributed by atoms with van der Waals surface area (Å²) in [5, 5.41) is 13.6. The molecule has 0 aliphatic carbocycles. The molecule has 0 saturated carbocycles. The first-order chi connectivity index (χ1) is 16.8. The summed E-state index contributed by atoms with van der Waals surface area (Å²) >= 11 is 14.0. The van der Waals surface area contributed by atoms with E-state index in [1.54, 1.807) is 12.1 Å². The standard InChI is InChI=1S/C27H26Cl2N4OS/c1-16(2)20-10-5-6-11-23(20)33-26(21-13-12-19(28)14-22(21)29)31-32-27(33)35-15-24(34)30-25-17(3)8-7-9-18(25)4/h5-14,16H,15H2,1-4H3,(H,30,34). The van der Waals surface area contributed by atoms with E-state index in [9.17, 15) is 4.79 Å². The van der Waals surface area contributed by atoms with Crippen LogP contribution in [0.25, 0.3) is 17.1 Å². The van der Waals surface area contributed by atoms with Gasteiger partial charge in [0.2, 0.25) is 5.91 Å². The van der Waals surface area contributed by atoms with Crippen LogP contribution in [0.4, 0.5) is 5.69 Å². The Hall–Kier alpha value is -2.80. The average molecular weight is 526 g/mol. The van der Waals surface area contributed by atoms with Gasteiger partial charge >= 0.3 is 0 Å². The van der Waals surface area contributed by atoms with Crippen molar-refractivity contribution in [3.63, 3.8) is 0 Å². The summed E-state index contributed by atoms with van der Waals surface area (Å²) in [6, 6.07) is 19.4. The highest BCUT2D eigenvalue weighted by molar-refractivity contribution is 7.99. The highest BCUT2D eigenvalue weighted by Crippen LogP contribution is 2.35. The molecular formula is C27H26Cl2N4OS. The average Bonchev–Trinajstić information content (AvgIpc) is 3.23. The van der Waals surface area contributed by atoms with Gasteiger partial charge in [-0.25, -0.2) is 0 Å². The van der Waals surface area contributed by atoms with Gasteiger partial charge < -0.3 is 5.32 Å². The zero-order valence-electron chi connectivity index (χ0n) is 20.0. The molecule has 8 heteroatoms. The molecule has 0 saturated heterocycles. The molecule has 5 nitrogen and oxygen atoms in total. The Morgan fingerprint density at radius 1 is 1.00 bits per heavy atom. The second kappa shape index (κ2) is 10.9. The molecule has 4 aromatic rings. The van der Waals surface area contributed by atoms with Crippen LogP contribution in [0, 0.1) is 13.8 Å². The smallest absolute Gasteiger partial charge is 0.234 e. The van der Waals surface area contributed by atoms with Crippen LogP contribution >= 0.6 is 35.0 Å². The minimum atomic E-state index is -0.106. The van der Waals surface area contributed by atoms with Gasteiger partial charge in [-0.2, -0.15) is 0 Å². The number of carbonyl (C=O) groups is 1. The molecule has 0 radical (unpaired) electrons. The number of benzene rings is 3. The van der Waals surface area contributed by atoms with E-state index >= 15 is 0 Å². The molecule has 0 fully saturated rings. The van der Waals surface area contributed by atoms with Crippen molar-refractivity contribution >= 4 is 46.6 Å². The summed E-state index contributed by atoms with van der Waals surface area (Å²) < 4.78 is 1.97. The first-order valence-corrected chi connectivity index (χ1v) is 13.0. The number of thioether (sulfide) groups is 1. The first-order valence-electron chi connectivity index (χ1n) is 11.2. The van der Waals surface area contributed by atoms with E-state index in [2.05, 4.69) is 35.4 Å². The molecular weight excluding hydrogens is 499 g/mol. The second-order valence-electron chi connectivity index (χ2n) is 8.58. The number of nitrogens with zero attached hydrogens (tertiary/aromatic N) is 3. The van der Waals surface area contributed by atoms with Gasteiger partial charge in [0.1, 0.15) is 0 Å². The van der Waals surface area contributed by atoms with Gasteiger partial charge in [-0.3, -0.25) is 9.36 Å². The third-order valence-corrected chi connectivity index (χ3v) is 7.16. The Kier molecular flexibility index (Phi) is 7.85. The topological polar surface area (TPSA) is 59.8 Å². The number of hydrogen-bond acceptors (Lipinski definition) is 4. The van der Waals surface area contributed by atoms with Crippen molar-refractivity contribution in [2.24, 2.45) is 0 Å². The maximum Gasteiger partial charge on any atom is 0.234 e. The number of aryl methyl sites for hydroxylation is 2. The lowest BCUT2D eigenvalue weighted by Crippen LogP contribution is -2.16. The molecule has 0 unspecified atom stereocenters. The van der Waals surface area contributed by atoms with Gasteiger partial charge in [-0.05, 0) is 60.7 Å². The van der Waals surface area contributed by atoms with Gasteiger partial charge in [0.05, 0.1) is 16.5 Å². The van der Waals surface area contributed by atoms with Crippen LogP contribution in [0.5, 0.6) is 0 Å². The maximum absolute atomic E-state index is 12.9. The molecule has 1 aromatic heterocycles. The summed E-state index contributed by atoms with van der Waals surface area (Å²) in [5.41, 5.74) is 5.70. The molecule has 4 rings (SSSR count). The lowest BCUT2D eigenvalue weighted by Gasteiger charge is -2.17. The summed E-state index contributed by atoms with van der Waals surface area (Å²) in [6.45, 7) is 8.25. The van der Waals surface area contributed by atoms with Gasteiger partial charge in [-0.1, -0.05) is 85.2 Å². The first kappa shape index (κ1) is 25.3. The number of nitrogens with one attached hydrogen (secondary N) is 1. The number of hydrogen-bond donors (Lipinski definition) is 1. The Morgan fingerprint density at radius 3 is 2.40 bits per heavy atom. The van der Waals surface area contributed by atoms with Crippen LogP contribution in [0.3, 0.4) is 0 Å². The highest BCUT2D eigenvalue weighted by atomic mass is 35.5. The zero-order valence-corrected chi connectivity index (χ0v) is 22.3. The van der Waals surface area contributed by atoms with Crippen molar-refractivity contribution in [2.75, 3.05) is 11.1 Å². The molecule has 0 spiro atoms. The fraction of sp³-hybridized carbons (Fsp3) is 0.222. The molecule has 180 valence electrons. The van der Waals surface area contributed by atoms with Crippen LogP contribution in [-0.4, -0.2) is 26.4 Å². The summed E-state index contributed by atoms with van der Waals surface area (Å²) in [7, 11) is 0. The van der Waals surface area contributed by atoms with Gasteiger partial charge in [-0.15, -0.1) is 10.2 Å². The third-order valence-electron chi connectivity index (χ3n) is 5.68. The van der Waals surface area contributed by atoms with E-state index in [-0.39, 0.29) is 17.6 Å². The summed E-state index contributed by atoms with van der Waals surface area (Å²) in [6.07, 6.45) is 0. The molecule has 0 aliphatic heterocycles. The zero-order chi connectivity index (χ0) is 25.1. The van der Waals surface area contributed by atoms with Gasteiger partial charge in [0.25, 0.3) is 0 Å². The Morgan fingerprint density at radius 2 is 1.71 bits per heavy atom. The molecule has 0 bridgehead atoms. The van der Waals surface area contributed by atoms with Gasteiger partial charge in [0, 0.05) is 16.3 Å². The highest BCUT2D eigenvalue weighted by Gasteiger charge is 2.22. The molecule has 1 heterocycles. The SMILES string of the molecule is Cc1cccc(C)c1NC(=O)CSc1nnc(-c2ccc(Cl)cc2Cl)n1-c1ccccc1C(C)C. The fourth-order valence-corrected chi connectivity index (χ4v) is 5.16. The van der Waals surface area contributed by atoms with Crippen LogP contribution in [0.2, 0.25) is 10.0 Å². The van der Waals surface area contributed by atoms with E-state index in [4.69, 9.17) is 23.2 Å². The maximum atomic E-state index is 12.9. The quantitative estimate of drug-likeness (QED) is 0.251. The molecule has 1 amide bonds. The van der Waals surface area contributed by atoms with Crippen LogP contribution in [0.15, 0.2) is 65.8 Å². The summed E-state index contributed by atoms with van der Waals surface area (Å²) in [5.74, 6) is 0.944. The van der Waals surface area contributed by atoms with Crippen LogP contribution in [-0.2, 0) is 4.79 Å². The lowest BCUT2D eigenvalue weighted by atomic mass is 10.0. The predicted octanol–water partition coefficient (Wildman–Crippen LogP) is 7.71. The molecule has 0 aliphatic rings. The largest absolute Gasteiger partial charge is 0.325 e. The number of para-hydroxylation sites is 2. The number of rotatable bonds is 7. The van der Waals surface area contributed by atoms with Crippen molar-refractivity contribution in [2.45, 2.75) is 38.8 Å². The normalized spacial score (nSPS) is 11.2. The monoisotopic (exact) mass is 524 g/mol. The fourth-order valence-electron chi connectivity index (χ4n) is 3.92. The van der Waals surface area contributed by atoms with Crippen LogP contribution in [0.1, 0.15) is 36.5 Å². The van der Waals surface area contributed by atoms with Gasteiger partial charge in [0.15, 0.2) is 11.0 Å². The van der Waals surface area contributed by atoms with E-state index in [1.165, 1.54) is 11.8 Å². The van der Waals surface area contributed by atoms with E-state index in [1.807, 2.05) is 60.9 Å². The van der Waals surface area contributed by atoms with E-state index < -0.39 is 0 Å². The molecule has 35 heavy (non-hydrogen) atoms. The third kappa shape index (κ3) is 5.56. The predicted molar refractivity (Wildman–Crippen MR) is 146 cm³/mol. The Balaban J connectivity index is 1.71. The number of amides is 1. The molecule has 1 N–H and O–H groups in total. The van der Waals surface area contributed by atoms with Crippen molar-refractivity contribution in [3.8, 4) is 17.1 Å². The lowest BCUT2D eigenvalue weighted by molar-refractivity contribution is -0.113. The van der Waals surface area contributed by atoms with Crippen molar-refractivity contribution < 1.29 is 4.79 Å².